The van der Waals surface area contributed by atoms with Crippen molar-refractivity contribution in [2.24, 2.45) is 0 Å². The first-order valence-corrected chi connectivity index (χ1v) is 4.23. The second kappa shape index (κ2) is 5.11. The third-order valence-corrected chi connectivity index (χ3v) is 1.50. The molecule has 0 amide bonds. The number of pyridine rings is 1. The number of carbonyl (C=O) groups is 2. The van der Waals surface area contributed by atoms with Crippen LogP contribution in [0.3, 0.4) is 0 Å². The van der Waals surface area contributed by atoms with Gasteiger partial charge in [0.2, 0.25) is 0 Å². The van der Waals surface area contributed by atoms with Gasteiger partial charge in [-0.05, 0) is 19.1 Å². The number of Topliss-reactive ketones (excluding diaryl/α,β-unsaturated/α-hetero) is 1. The van der Waals surface area contributed by atoms with Gasteiger partial charge < -0.3 is 4.74 Å². The van der Waals surface area contributed by atoms with Crippen molar-refractivity contribution < 1.29 is 14.3 Å². The molecule has 0 aliphatic heterocycles. The highest BCUT2D eigenvalue weighted by Gasteiger charge is 2.06. The van der Waals surface area contributed by atoms with Crippen LogP contribution in [0.1, 0.15) is 19.0 Å². The smallest absolute Gasteiger partial charge is 0.313 e. The molecule has 0 aliphatic rings. The summed E-state index contributed by atoms with van der Waals surface area (Å²) in [6, 6.07) is 5.34. The van der Waals surface area contributed by atoms with E-state index in [0.717, 1.165) is 0 Å². The van der Waals surface area contributed by atoms with Crippen molar-refractivity contribution >= 4 is 11.8 Å². The van der Waals surface area contributed by atoms with Gasteiger partial charge in [0.25, 0.3) is 0 Å². The van der Waals surface area contributed by atoms with Crippen LogP contribution in [-0.4, -0.2) is 16.7 Å². The number of ether oxygens (including phenoxy) is 1. The number of ketones is 1. The van der Waals surface area contributed by atoms with Crippen molar-refractivity contribution in [1.29, 1.82) is 0 Å². The molecule has 0 radical (unpaired) electrons. The zero-order chi connectivity index (χ0) is 10.4. The first-order chi connectivity index (χ1) is 6.68. The van der Waals surface area contributed by atoms with E-state index in [-0.39, 0.29) is 18.8 Å². The molecule has 0 fully saturated rings. The van der Waals surface area contributed by atoms with Crippen molar-refractivity contribution in [3.8, 4) is 0 Å². The number of rotatable bonds is 4. The average molecular weight is 193 g/mol. The standard InChI is InChI=1S/C10H11NO3/c1-8(12)6-10(13)14-7-9-4-2-3-5-11-9/h2-5H,6-7H2,1H3. The Hall–Kier alpha value is -1.71. The third-order valence-electron chi connectivity index (χ3n) is 1.50. The van der Waals surface area contributed by atoms with E-state index in [9.17, 15) is 9.59 Å². The maximum Gasteiger partial charge on any atom is 0.313 e. The maximum atomic E-state index is 11.0. The molecule has 0 aromatic carbocycles. The first-order valence-electron chi connectivity index (χ1n) is 4.23. The van der Waals surface area contributed by atoms with Gasteiger partial charge in [-0.25, -0.2) is 0 Å². The Morgan fingerprint density at radius 1 is 1.43 bits per heavy atom. The molecule has 4 heteroatoms. The summed E-state index contributed by atoms with van der Waals surface area (Å²) in [6.07, 6.45) is 1.45. The van der Waals surface area contributed by atoms with E-state index < -0.39 is 5.97 Å². The fourth-order valence-electron chi connectivity index (χ4n) is 0.892. The van der Waals surface area contributed by atoms with Crippen LogP contribution >= 0.6 is 0 Å². The van der Waals surface area contributed by atoms with Crippen molar-refractivity contribution in [2.75, 3.05) is 0 Å². The summed E-state index contributed by atoms with van der Waals surface area (Å²) in [6.45, 7) is 1.47. The summed E-state index contributed by atoms with van der Waals surface area (Å²) in [5, 5.41) is 0. The summed E-state index contributed by atoms with van der Waals surface area (Å²) >= 11 is 0. The predicted molar refractivity (Wildman–Crippen MR) is 49.3 cm³/mol. The quantitative estimate of drug-likeness (QED) is 0.530. The number of hydrogen-bond acceptors (Lipinski definition) is 4. The van der Waals surface area contributed by atoms with Crippen molar-refractivity contribution in [1.82, 2.24) is 4.98 Å². The molecule has 0 saturated carbocycles. The lowest BCUT2D eigenvalue weighted by atomic mass is 10.3. The van der Waals surface area contributed by atoms with Gasteiger partial charge in [-0.1, -0.05) is 6.07 Å². The minimum Gasteiger partial charge on any atom is -0.459 e. The molecule has 0 aliphatic carbocycles. The van der Waals surface area contributed by atoms with Gasteiger partial charge in [0, 0.05) is 6.20 Å². The van der Waals surface area contributed by atoms with E-state index in [1.807, 2.05) is 0 Å². The Bertz CT molecular complexity index is 321. The molecule has 1 heterocycles. The van der Waals surface area contributed by atoms with E-state index >= 15 is 0 Å². The Morgan fingerprint density at radius 3 is 2.79 bits per heavy atom. The lowest BCUT2D eigenvalue weighted by molar-refractivity contribution is -0.147. The SMILES string of the molecule is CC(=O)CC(=O)OCc1ccccn1. The van der Waals surface area contributed by atoms with Gasteiger partial charge in [0.15, 0.2) is 0 Å². The average Bonchev–Trinajstić information content (AvgIpc) is 2.15. The van der Waals surface area contributed by atoms with Gasteiger partial charge in [0.1, 0.15) is 18.8 Å². The molecule has 0 bridgehead atoms. The van der Waals surface area contributed by atoms with E-state index in [0.29, 0.717) is 5.69 Å². The molecule has 0 spiro atoms. The van der Waals surface area contributed by atoms with Crippen molar-refractivity contribution in [2.45, 2.75) is 20.0 Å². The lowest BCUT2D eigenvalue weighted by Crippen LogP contribution is -2.09. The summed E-state index contributed by atoms with van der Waals surface area (Å²) in [4.78, 5) is 25.5. The zero-order valence-corrected chi connectivity index (χ0v) is 7.90. The number of esters is 1. The molecule has 0 atom stereocenters. The molecule has 74 valence electrons. The van der Waals surface area contributed by atoms with Crippen LogP contribution in [0.25, 0.3) is 0 Å². The van der Waals surface area contributed by atoms with Crippen molar-refractivity contribution in [3.63, 3.8) is 0 Å². The largest absolute Gasteiger partial charge is 0.459 e. The number of nitrogens with zero attached hydrogens (tertiary/aromatic N) is 1. The second-order valence-electron chi connectivity index (χ2n) is 2.86. The molecular formula is C10H11NO3. The first kappa shape index (κ1) is 10.4. The molecule has 1 aromatic heterocycles. The van der Waals surface area contributed by atoms with Gasteiger partial charge in [-0.2, -0.15) is 0 Å². The van der Waals surface area contributed by atoms with Crippen LogP contribution in [0.2, 0.25) is 0 Å². The lowest BCUT2D eigenvalue weighted by Gasteiger charge is -2.01. The minimum atomic E-state index is -0.511. The van der Waals surface area contributed by atoms with Gasteiger partial charge in [0.05, 0.1) is 5.69 Å². The van der Waals surface area contributed by atoms with Gasteiger partial charge in [-0.3, -0.25) is 14.6 Å². The van der Waals surface area contributed by atoms with E-state index in [2.05, 4.69) is 4.98 Å². The normalized spacial score (nSPS) is 9.50. The Kier molecular flexibility index (Phi) is 3.79. The van der Waals surface area contributed by atoms with Crippen LogP contribution in [0, 0.1) is 0 Å². The van der Waals surface area contributed by atoms with Gasteiger partial charge >= 0.3 is 5.97 Å². The molecule has 0 saturated heterocycles. The minimum absolute atomic E-state index is 0.118. The van der Waals surface area contributed by atoms with Gasteiger partial charge in [-0.15, -0.1) is 0 Å². The molecular weight excluding hydrogens is 182 g/mol. The number of hydrogen-bond donors (Lipinski definition) is 0. The Labute approximate surface area is 81.9 Å². The van der Waals surface area contributed by atoms with Crippen LogP contribution in [-0.2, 0) is 20.9 Å². The number of carbonyl (C=O) groups excluding carboxylic acids is 2. The molecule has 14 heavy (non-hydrogen) atoms. The fourth-order valence-corrected chi connectivity index (χ4v) is 0.892. The van der Waals surface area contributed by atoms with Crippen molar-refractivity contribution in [3.05, 3.63) is 30.1 Å². The molecule has 1 rings (SSSR count). The second-order valence-corrected chi connectivity index (χ2v) is 2.86. The topological polar surface area (TPSA) is 56.3 Å². The van der Waals surface area contributed by atoms with E-state index in [1.165, 1.54) is 6.92 Å². The fraction of sp³-hybridized carbons (Fsp3) is 0.300. The van der Waals surface area contributed by atoms with Crippen LogP contribution in [0.15, 0.2) is 24.4 Å². The molecule has 1 aromatic rings. The molecule has 0 unspecified atom stereocenters. The van der Waals surface area contributed by atoms with Crippen LogP contribution in [0.5, 0.6) is 0 Å². The summed E-state index contributed by atoms with van der Waals surface area (Å²) in [5.74, 6) is -0.709. The highest BCUT2D eigenvalue weighted by molar-refractivity contribution is 5.94. The predicted octanol–water partition coefficient (Wildman–Crippen LogP) is 1.10. The monoisotopic (exact) mass is 193 g/mol. The van der Waals surface area contributed by atoms with Crippen LogP contribution < -0.4 is 0 Å². The summed E-state index contributed by atoms with van der Waals surface area (Å²) in [7, 11) is 0. The molecule has 0 N–H and O–H groups in total. The summed E-state index contributed by atoms with van der Waals surface area (Å²) < 4.78 is 4.82. The summed E-state index contributed by atoms with van der Waals surface area (Å²) in [5.41, 5.74) is 0.671. The third kappa shape index (κ3) is 3.80. The van der Waals surface area contributed by atoms with Crippen LogP contribution in [0.4, 0.5) is 0 Å². The highest BCUT2D eigenvalue weighted by Crippen LogP contribution is 1.97. The van der Waals surface area contributed by atoms with E-state index in [4.69, 9.17) is 4.74 Å². The Morgan fingerprint density at radius 2 is 2.21 bits per heavy atom. The highest BCUT2D eigenvalue weighted by atomic mass is 16.5. The maximum absolute atomic E-state index is 11.0. The number of aromatic nitrogens is 1. The zero-order valence-electron chi connectivity index (χ0n) is 7.90. The Balaban J connectivity index is 2.34. The van der Waals surface area contributed by atoms with E-state index in [1.54, 1.807) is 24.4 Å². The molecule has 4 nitrogen and oxygen atoms in total.